The highest BCUT2D eigenvalue weighted by atomic mass is 32.2. The zero-order chi connectivity index (χ0) is 8.36. The Morgan fingerprint density at radius 2 is 1.73 bits per heavy atom. The van der Waals surface area contributed by atoms with Crippen molar-refractivity contribution in [2.24, 2.45) is 0 Å². The summed E-state index contributed by atoms with van der Waals surface area (Å²) in [5.74, 6) is 1.25. The predicted molar refractivity (Wildman–Crippen MR) is 53.9 cm³/mol. The molecule has 0 bridgehead atoms. The molecule has 0 radical (unpaired) electrons. The number of rotatable bonds is 8. The fourth-order valence-electron chi connectivity index (χ4n) is 0.932. The standard InChI is InChI=1S/C8H20N2S/c1-9-7-5-3-4-6-8-11-10-2/h9-10H,3-8H2,1-2H3. The molecule has 0 spiro atoms. The summed E-state index contributed by atoms with van der Waals surface area (Å²) < 4.78 is 3.07. The van der Waals surface area contributed by atoms with Crippen LogP contribution in [0.5, 0.6) is 0 Å². The summed E-state index contributed by atoms with van der Waals surface area (Å²) in [6, 6.07) is 0. The van der Waals surface area contributed by atoms with Crippen molar-refractivity contribution in [2.75, 3.05) is 26.4 Å². The Bertz CT molecular complexity index is 61.1. The van der Waals surface area contributed by atoms with Crippen molar-refractivity contribution in [1.29, 1.82) is 0 Å². The van der Waals surface area contributed by atoms with Gasteiger partial charge < -0.3 is 5.32 Å². The molecule has 11 heavy (non-hydrogen) atoms. The van der Waals surface area contributed by atoms with Crippen molar-refractivity contribution in [3.63, 3.8) is 0 Å². The molecule has 0 fully saturated rings. The average Bonchev–Trinajstić information content (AvgIpc) is 2.03. The summed E-state index contributed by atoms with van der Waals surface area (Å²) in [7, 11) is 3.99. The van der Waals surface area contributed by atoms with Crippen LogP contribution in [-0.4, -0.2) is 26.4 Å². The zero-order valence-electron chi connectivity index (χ0n) is 7.65. The molecule has 0 heterocycles. The van der Waals surface area contributed by atoms with E-state index in [2.05, 4.69) is 10.0 Å². The second kappa shape index (κ2) is 10.3. The van der Waals surface area contributed by atoms with Crippen LogP contribution in [0.25, 0.3) is 0 Å². The lowest BCUT2D eigenvalue weighted by molar-refractivity contribution is 0.637. The highest BCUT2D eigenvalue weighted by Crippen LogP contribution is 2.03. The molecule has 0 aliphatic rings. The van der Waals surface area contributed by atoms with Gasteiger partial charge in [-0.05, 0) is 33.5 Å². The third kappa shape index (κ3) is 10.3. The van der Waals surface area contributed by atoms with E-state index in [0.29, 0.717) is 0 Å². The van der Waals surface area contributed by atoms with E-state index in [0.717, 1.165) is 0 Å². The molecular formula is C8H20N2S. The number of nitrogens with one attached hydrogen (secondary N) is 2. The molecule has 0 aliphatic carbocycles. The van der Waals surface area contributed by atoms with Gasteiger partial charge in [-0.25, -0.2) is 0 Å². The molecule has 0 saturated heterocycles. The van der Waals surface area contributed by atoms with Crippen LogP contribution in [0.15, 0.2) is 0 Å². The summed E-state index contributed by atoms with van der Waals surface area (Å²) >= 11 is 1.81. The maximum atomic E-state index is 3.15. The summed E-state index contributed by atoms with van der Waals surface area (Å²) in [4.78, 5) is 0. The topological polar surface area (TPSA) is 24.1 Å². The van der Waals surface area contributed by atoms with E-state index in [4.69, 9.17) is 0 Å². The monoisotopic (exact) mass is 176 g/mol. The Hall–Kier alpha value is 0.270. The van der Waals surface area contributed by atoms with Crippen LogP contribution in [0, 0.1) is 0 Å². The van der Waals surface area contributed by atoms with E-state index in [1.165, 1.54) is 38.0 Å². The van der Waals surface area contributed by atoms with E-state index in [1.807, 2.05) is 14.1 Å². The van der Waals surface area contributed by atoms with Crippen LogP contribution in [0.4, 0.5) is 0 Å². The first-order valence-electron chi connectivity index (χ1n) is 4.35. The van der Waals surface area contributed by atoms with Crippen molar-refractivity contribution in [3.8, 4) is 0 Å². The lowest BCUT2D eigenvalue weighted by Crippen LogP contribution is -2.07. The van der Waals surface area contributed by atoms with Crippen LogP contribution in [-0.2, 0) is 0 Å². The van der Waals surface area contributed by atoms with Crippen molar-refractivity contribution in [1.82, 2.24) is 10.0 Å². The molecule has 0 rings (SSSR count). The first-order valence-corrected chi connectivity index (χ1v) is 5.33. The van der Waals surface area contributed by atoms with Gasteiger partial charge in [0.2, 0.25) is 0 Å². The smallest absolute Gasteiger partial charge is 0.00785 e. The highest BCUT2D eigenvalue weighted by molar-refractivity contribution is 7.97. The van der Waals surface area contributed by atoms with Gasteiger partial charge in [0.25, 0.3) is 0 Å². The van der Waals surface area contributed by atoms with Gasteiger partial charge in [-0.15, -0.1) is 0 Å². The van der Waals surface area contributed by atoms with E-state index >= 15 is 0 Å². The van der Waals surface area contributed by atoms with Crippen LogP contribution < -0.4 is 10.0 Å². The molecule has 0 aromatic heterocycles. The molecule has 0 aromatic carbocycles. The van der Waals surface area contributed by atoms with Gasteiger partial charge in [0.05, 0.1) is 0 Å². The minimum absolute atomic E-state index is 1.17. The summed E-state index contributed by atoms with van der Waals surface area (Å²) in [6.45, 7) is 1.17. The Morgan fingerprint density at radius 3 is 2.36 bits per heavy atom. The van der Waals surface area contributed by atoms with Gasteiger partial charge in [-0.3, -0.25) is 4.72 Å². The van der Waals surface area contributed by atoms with Crippen LogP contribution in [0.3, 0.4) is 0 Å². The molecule has 0 amide bonds. The SMILES string of the molecule is CNCCCCCCSNC. The maximum Gasteiger partial charge on any atom is 0.00785 e. The van der Waals surface area contributed by atoms with Crippen molar-refractivity contribution >= 4 is 11.9 Å². The molecule has 68 valence electrons. The van der Waals surface area contributed by atoms with Crippen molar-refractivity contribution in [2.45, 2.75) is 25.7 Å². The van der Waals surface area contributed by atoms with Crippen molar-refractivity contribution < 1.29 is 0 Å². The molecule has 0 aliphatic heterocycles. The Morgan fingerprint density at radius 1 is 1.00 bits per heavy atom. The van der Waals surface area contributed by atoms with Gasteiger partial charge in [0.15, 0.2) is 0 Å². The zero-order valence-corrected chi connectivity index (χ0v) is 8.47. The van der Waals surface area contributed by atoms with Crippen LogP contribution in [0.2, 0.25) is 0 Å². The molecule has 0 unspecified atom stereocenters. The summed E-state index contributed by atoms with van der Waals surface area (Å²) in [5.41, 5.74) is 0. The summed E-state index contributed by atoms with van der Waals surface area (Å²) in [5, 5.41) is 3.15. The minimum Gasteiger partial charge on any atom is -0.320 e. The predicted octanol–water partition coefficient (Wildman–Crippen LogP) is 1.63. The fourth-order valence-corrected chi connectivity index (χ4v) is 1.48. The third-order valence-corrected chi connectivity index (χ3v) is 2.35. The Labute approximate surface area is 74.7 Å². The van der Waals surface area contributed by atoms with E-state index in [1.54, 1.807) is 11.9 Å². The van der Waals surface area contributed by atoms with E-state index in [9.17, 15) is 0 Å². The fraction of sp³-hybridized carbons (Fsp3) is 1.00. The van der Waals surface area contributed by atoms with Gasteiger partial charge in [0, 0.05) is 5.75 Å². The van der Waals surface area contributed by atoms with Gasteiger partial charge in [-0.1, -0.05) is 24.8 Å². The Kier molecular flexibility index (Phi) is 10.5. The van der Waals surface area contributed by atoms with Gasteiger partial charge >= 0.3 is 0 Å². The second-order valence-corrected chi connectivity index (χ2v) is 3.68. The van der Waals surface area contributed by atoms with Crippen molar-refractivity contribution in [3.05, 3.63) is 0 Å². The molecule has 2 nitrogen and oxygen atoms in total. The van der Waals surface area contributed by atoms with Gasteiger partial charge in [0.1, 0.15) is 0 Å². The highest BCUT2D eigenvalue weighted by Gasteiger charge is 1.88. The third-order valence-electron chi connectivity index (χ3n) is 1.57. The molecule has 3 heteroatoms. The number of hydrogen-bond donors (Lipinski definition) is 2. The number of hydrogen-bond acceptors (Lipinski definition) is 3. The molecular weight excluding hydrogens is 156 g/mol. The lowest BCUT2D eigenvalue weighted by Gasteiger charge is -2.00. The number of unbranched alkanes of at least 4 members (excludes halogenated alkanes) is 3. The first kappa shape index (κ1) is 11.3. The normalized spacial score (nSPS) is 10.4. The Balaban J connectivity index is 2.69. The quantitative estimate of drug-likeness (QED) is 0.434. The van der Waals surface area contributed by atoms with E-state index in [-0.39, 0.29) is 0 Å². The average molecular weight is 176 g/mol. The van der Waals surface area contributed by atoms with Crippen LogP contribution >= 0.6 is 11.9 Å². The molecule has 0 aromatic rings. The molecule has 2 N–H and O–H groups in total. The summed E-state index contributed by atoms with van der Waals surface area (Å²) in [6.07, 6.45) is 5.40. The first-order chi connectivity index (χ1) is 5.41. The maximum absolute atomic E-state index is 3.15. The molecule has 0 atom stereocenters. The second-order valence-electron chi connectivity index (χ2n) is 2.57. The largest absolute Gasteiger partial charge is 0.320 e. The lowest BCUT2D eigenvalue weighted by atomic mass is 10.2. The minimum atomic E-state index is 1.17. The van der Waals surface area contributed by atoms with E-state index < -0.39 is 0 Å². The van der Waals surface area contributed by atoms with Gasteiger partial charge in [-0.2, -0.15) is 0 Å². The van der Waals surface area contributed by atoms with Crippen LogP contribution in [0.1, 0.15) is 25.7 Å². The molecule has 0 saturated carbocycles.